The van der Waals surface area contributed by atoms with Crippen molar-refractivity contribution in [2.45, 2.75) is 44.4 Å². The Balaban J connectivity index is 1.39. The Morgan fingerprint density at radius 1 is 1.11 bits per heavy atom. The van der Waals surface area contributed by atoms with E-state index in [9.17, 15) is 0 Å². The van der Waals surface area contributed by atoms with Crippen LogP contribution in [0.5, 0.6) is 0 Å². The molecule has 0 saturated carbocycles. The van der Waals surface area contributed by atoms with E-state index in [0.717, 1.165) is 35.9 Å². The van der Waals surface area contributed by atoms with Crippen molar-refractivity contribution in [1.82, 2.24) is 0 Å². The predicted molar refractivity (Wildman–Crippen MR) is 148 cm³/mol. The molecule has 2 aliphatic heterocycles. The van der Waals surface area contributed by atoms with Crippen LogP contribution < -0.4 is 9.47 Å². The van der Waals surface area contributed by atoms with E-state index in [1.807, 2.05) is 36.2 Å². The van der Waals surface area contributed by atoms with Crippen molar-refractivity contribution in [3.63, 3.8) is 0 Å². The Labute approximate surface area is 216 Å². The highest BCUT2D eigenvalue weighted by Crippen LogP contribution is 2.51. The number of hydrogen-bond acceptors (Lipinski definition) is 4. The molecule has 36 heavy (non-hydrogen) atoms. The molecule has 0 amide bonds. The Morgan fingerprint density at radius 2 is 1.97 bits per heavy atom. The van der Waals surface area contributed by atoms with Gasteiger partial charge in [0, 0.05) is 30.2 Å². The van der Waals surface area contributed by atoms with Gasteiger partial charge < -0.3 is 4.90 Å². The topological polar surface area (TPSA) is 36.6 Å². The first kappa shape index (κ1) is 23.1. The van der Waals surface area contributed by atoms with Gasteiger partial charge in [0.15, 0.2) is 6.20 Å². The summed E-state index contributed by atoms with van der Waals surface area (Å²) >= 11 is 1.91. The Bertz CT molecular complexity index is 1480. The molecule has 0 atom stereocenters. The van der Waals surface area contributed by atoms with Crippen LogP contribution in [-0.4, -0.2) is 11.8 Å². The minimum Gasteiger partial charge on any atom is -0.335 e. The second-order valence-electron chi connectivity index (χ2n) is 10.7. The minimum atomic E-state index is 0.175. The van der Waals surface area contributed by atoms with Gasteiger partial charge in [0.25, 0.3) is 0 Å². The van der Waals surface area contributed by atoms with E-state index >= 15 is 0 Å². The molecule has 0 saturated heterocycles. The number of anilines is 1. The van der Waals surface area contributed by atoms with Crippen LogP contribution in [-0.2, 0) is 11.3 Å². The number of allylic oxidation sites excluding steroid dienone is 4. The fraction of sp³-hybridized carbons (Fsp3) is 0.258. The zero-order valence-electron chi connectivity index (χ0n) is 20.8. The first-order valence-corrected chi connectivity index (χ1v) is 13.4. The molecule has 0 bridgehead atoms. The summed E-state index contributed by atoms with van der Waals surface area (Å²) in [5.74, 6) is 0.175. The van der Waals surface area contributed by atoms with Gasteiger partial charge in [-0.05, 0) is 71.6 Å². The first-order chi connectivity index (χ1) is 17.4. The van der Waals surface area contributed by atoms with E-state index in [1.54, 1.807) is 4.57 Å². The lowest BCUT2D eigenvalue weighted by atomic mass is 9.75. The highest BCUT2D eigenvalue weighted by atomic mass is 32.2. The Kier molecular flexibility index (Phi) is 5.78. The standard InChI is InChI=1S/C31H30N2O2S/c1-21(35-34)32-15-13-25(26-10-4-5-11-27(26)32)17-22-16-23(20-31(2,3)19-22)18-29-33-14-7-9-24-8-6-12-28(36-29)30(24)33/h4-6,8,10-13,15-18H,1,7,9,14,19-20H2,2-3H3/p+1. The SMILES string of the molecule is C=C(OO)[n+]1ccc(/C=C2C=C(/C=C3\Sc4cccc5c4N3CCC5)CC(C)(C)C/2)c2ccccc21. The third-order valence-corrected chi connectivity index (χ3v) is 8.40. The lowest BCUT2D eigenvalue weighted by Crippen LogP contribution is -2.33. The predicted octanol–water partition coefficient (Wildman–Crippen LogP) is 7.57. The van der Waals surface area contributed by atoms with Crippen LogP contribution in [0.4, 0.5) is 5.69 Å². The van der Waals surface area contributed by atoms with Crippen molar-refractivity contribution in [2.24, 2.45) is 5.41 Å². The molecule has 0 spiro atoms. The molecule has 4 nitrogen and oxygen atoms in total. The second-order valence-corrected chi connectivity index (χ2v) is 11.8. The van der Waals surface area contributed by atoms with Crippen LogP contribution in [0.15, 0.2) is 94.5 Å². The van der Waals surface area contributed by atoms with E-state index in [1.165, 1.54) is 45.2 Å². The summed E-state index contributed by atoms with van der Waals surface area (Å²) in [6, 6.07) is 16.9. The molecule has 1 aliphatic carbocycles. The lowest BCUT2D eigenvalue weighted by molar-refractivity contribution is -0.589. The van der Waals surface area contributed by atoms with Gasteiger partial charge in [-0.25, -0.2) is 0 Å². The maximum absolute atomic E-state index is 9.14. The van der Waals surface area contributed by atoms with E-state index in [0.29, 0.717) is 0 Å². The van der Waals surface area contributed by atoms with Crippen molar-refractivity contribution in [3.05, 3.63) is 101 Å². The van der Waals surface area contributed by atoms with Crippen molar-refractivity contribution in [1.29, 1.82) is 0 Å². The number of aryl methyl sites for hydroxylation is 1. The van der Waals surface area contributed by atoms with E-state index < -0.39 is 0 Å². The molecule has 0 fully saturated rings. The third kappa shape index (κ3) is 4.16. The quantitative estimate of drug-likeness (QED) is 0.175. The molecule has 3 aromatic rings. The van der Waals surface area contributed by atoms with E-state index in [4.69, 9.17) is 5.26 Å². The van der Waals surface area contributed by atoms with Gasteiger partial charge in [0.05, 0.1) is 16.1 Å². The fourth-order valence-electron chi connectivity index (χ4n) is 5.88. The zero-order chi connectivity index (χ0) is 24.9. The average molecular weight is 496 g/mol. The maximum Gasteiger partial charge on any atom is 0.398 e. The van der Waals surface area contributed by atoms with Gasteiger partial charge in [0.1, 0.15) is 0 Å². The second kappa shape index (κ2) is 8.99. The number of nitrogens with zero attached hydrogens (tertiary/aromatic N) is 2. The van der Waals surface area contributed by atoms with Gasteiger partial charge >= 0.3 is 5.88 Å². The Morgan fingerprint density at radius 3 is 2.83 bits per heavy atom. The summed E-state index contributed by atoms with van der Waals surface area (Å²) in [4.78, 5) is 8.35. The van der Waals surface area contributed by atoms with Gasteiger partial charge in [-0.1, -0.05) is 62.0 Å². The van der Waals surface area contributed by atoms with Crippen LogP contribution >= 0.6 is 11.8 Å². The van der Waals surface area contributed by atoms with Crippen LogP contribution in [0.25, 0.3) is 22.9 Å². The molecule has 182 valence electrons. The molecule has 0 radical (unpaired) electrons. The smallest absolute Gasteiger partial charge is 0.335 e. The summed E-state index contributed by atoms with van der Waals surface area (Å²) in [5.41, 5.74) is 7.90. The number of fused-ring (bicyclic) bond motifs is 1. The highest BCUT2D eigenvalue weighted by molar-refractivity contribution is 8.03. The van der Waals surface area contributed by atoms with Crippen molar-refractivity contribution in [2.75, 3.05) is 11.4 Å². The molecule has 5 heteroatoms. The largest absolute Gasteiger partial charge is 0.398 e. The molecular formula is C31H31N2O2S+. The summed E-state index contributed by atoms with van der Waals surface area (Å²) in [6.45, 7) is 9.63. The Hall–Kier alpha value is -3.28. The number of para-hydroxylation sites is 2. The number of pyridine rings is 1. The number of aromatic nitrogens is 1. The summed E-state index contributed by atoms with van der Waals surface area (Å²) < 4.78 is 1.76. The molecule has 0 unspecified atom stereocenters. The van der Waals surface area contributed by atoms with Crippen LogP contribution in [0.2, 0.25) is 0 Å². The summed E-state index contributed by atoms with van der Waals surface area (Å²) in [7, 11) is 0. The fourth-order valence-corrected chi connectivity index (χ4v) is 7.10. The van der Waals surface area contributed by atoms with Gasteiger partial charge in [0.2, 0.25) is 5.52 Å². The molecule has 3 aliphatic rings. The molecule has 1 aromatic heterocycles. The maximum atomic E-state index is 9.14. The van der Waals surface area contributed by atoms with Gasteiger partial charge in [-0.3, -0.25) is 4.89 Å². The third-order valence-electron chi connectivity index (χ3n) is 7.30. The van der Waals surface area contributed by atoms with Gasteiger partial charge in [-0.2, -0.15) is 5.26 Å². The monoisotopic (exact) mass is 495 g/mol. The average Bonchev–Trinajstić information content (AvgIpc) is 3.22. The molecule has 1 N–H and O–H groups in total. The van der Waals surface area contributed by atoms with Crippen molar-refractivity contribution < 1.29 is 14.7 Å². The molecular weight excluding hydrogens is 464 g/mol. The molecule has 6 rings (SSSR count). The summed E-state index contributed by atoms with van der Waals surface area (Å²) in [5, 5.41) is 11.6. The highest BCUT2D eigenvalue weighted by Gasteiger charge is 2.31. The van der Waals surface area contributed by atoms with Gasteiger partial charge in [-0.15, -0.1) is 4.57 Å². The lowest BCUT2D eigenvalue weighted by Gasteiger charge is -2.32. The van der Waals surface area contributed by atoms with Crippen LogP contribution in [0.1, 0.15) is 44.2 Å². The number of hydrogen-bond donors (Lipinski definition) is 1. The first-order valence-electron chi connectivity index (χ1n) is 12.6. The van der Waals surface area contributed by atoms with Crippen LogP contribution in [0.3, 0.4) is 0 Å². The zero-order valence-corrected chi connectivity index (χ0v) is 21.6. The van der Waals surface area contributed by atoms with Crippen LogP contribution in [0, 0.1) is 5.41 Å². The van der Waals surface area contributed by atoms with E-state index in [2.05, 4.69) is 78.8 Å². The minimum absolute atomic E-state index is 0.175. The summed E-state index contributed by atoms with van der Waals surface area (Å²) in [6.07, 6.45) is 13.5. The molecule has 3 heterocycles. The van der Waals surface area contributed by atoms with Crippen molar-refractivity contribution in [3.8, 4) is 0 Å². The number of rotatable bonds is 4. The van der Waals surface area contributed by atoms with Crippen molar-refractivity contribution >= 4 is 40.3 Å². The molecule has 2 aromatic carbocycles. The number of benzene rings is 2. The normalized spacial score (nSPS) is 20.5. The number of thioether (sulfide) groups is 1. The van der Waals surface area contributed by atoms with E-state index in [-0.39, 0.29) is 11.3 Å².